The molecule has 0 radical (unpaired) electrons. The number of rotatable bonds is 13. The second kappa shape index (κ2) is 20.1. The lowest BCUT2D eigenvalue weighted by atomic mass is 10.0. The summed E-state index contributed by atoms with van der Waals surface area (Å²) in [4.78, 5) is 14.4. The predicted octanol–water partition coefficient (Wildman–Crippen LogP) is 3.14. The highest BCUT2D eigenvalue weighted by Gasteiger charge is 2.30. The van der Waals surface area contributed by atoms with Gasteiger partial charge in [0.2, 0.25) is 0 Å². The molecule has 15 heteroatoms. The molecule has 4 fully saturated rings. The first-order valence-corrected chi connectivity index (χ1v) is 21.8. The van der Waals surface area contributed by atoms with Gasteiger partial charge in [0.1, 0.15) is 33.8 Å². The van der Waals surface area contributed by atoms with Crippen molar-refractivity contribution in [1.82, 2.24) is 19.6 Å². The van der Waals surface area contributed by atoms with Crippen LogP contribution in [0.1, 0.15) is 32.6 Å². The summed E-state index contributed by atoms with van der Waals surface area (Å²) < 4.78 is 51.7. The zero-order chi connectivity index (χ0) is 38.7. The van der Waals surface area contributed by atoms with Gasteiger partial charge in [0.15, 0.2) is 0 Å². The molecule has 0 saturated carbocycles. The van der Waals surface area contributed by atoms with E-state index in [2.05, 4.69) is 41.5 Å². The molecule has 13 nitrogen and oxygen atoms in total. The number of methoxy groups -OCH3 is 2. The molecule has 2 aromatic carbocycles. The van der Waals surface area contributed by atoms with E-state index >= 15 is 0 Å². The first kappa shape index (κ1) is 41.9. The quantitative estimate of drug-likeness (QED) is 0.289. The summed E-state index contributed by atoms with van der Waals surface area (Å²) in [5.74, 6) is 2.51. The minimum Gasteiger partial charge on any atom is -0.495 e. The molecule has 4 aliphatic rings. The molecule has 4 heterocycles. The Morgan fingerprint density at radius 1 is 0.685 bits per heavy atom. The summed E-state index contributed by atoms with van der Waals surface area (Å²) in [6.07, 6.45) is 5.86. The van der Waals surface area contributed by atoms with Crippen LogP contribution < -0.4 is 35.5 Å². The van der Waals surface area contributed by atoms with Gasteiger partial charge in [-0.15, -0.1) is 0 Å². The number of alkyl halides is 1. The van der Waals surface area contributed by atoms with E-state index < -0.39 is 9.84 Å². The smallest absolute Gasteiger partial charge is 0.148 e. The van der Waals surface area contributed by atoms with Crippen LogP contribution in [-0.4, -0.2) is 171 Å². The summed E-state index contributed by atoms with van der Waals surface area (Å²) in [6, 6.07) is 11.1. The van der Waals surface area contributed by atoms with Crippen molar-refractivity contribution in [2.45, 2.75) is 44.7 Å². The zero-order valence-electron chi connectivity index (χ0n) is 33.1. The van der Waals surface area contributed by atoms with Crippen molar-refractivity contribution in [3.63, 3.8) is 0 Å². The van der Waals surface area contributed by atoms with Gasteiger partial charge in [-0.3, -0.25) is 19.6 Å². The van der Waals surface area contributed by atoms with Crippen LogP contribution in [0.5, 0.6) is 17.2 Å². The minimum atomic E-state index is -2.88. The highest BCUT2D eigenvalue weighted by molar-refractivity contribution is 7.90. The van der Waals surface area contributed by atoms with Crippen LogP contribution in [0.2, 0.25) is 0 Å². The van der Waals surface area contributed by atoms with Gasteiger partial charge in [-0.2, -0.15) is 0 Å². The third kappa shape index (κ3) is 11.6. The second-order valence-electron chi connectivity index (χ2n) is 14.9. The Morgan fingerprint density at radius 3 is 1.72 bits per heavy atom. The maximum absolute atomic E-state index is 12.5. The van der Waals surface area contributed by atoms with Crippen molar-refractivity contribution in [2.75, 3.05) is 152 Å². The van der Waals surface area contributed by atoms with Crippen LogP contribution in [0.15, 0.2) is 30.3 Å². The lowest BCUT2D eigenvalue weighted by Crippen LogP contribution is -2.53. The van der Waals surface area contributed by atoms with Gasteiger partial charge in [-0.25, -0.2) is 12.8 Å². The molecule has 304 valence electrons. The summed E-state index contributed by atoms with van der Waals surface area (Å²) in [5.41, 5.74) is 15.5. The molecule has 0 bridgehead atoms. The number of piperazine rings is 2. The standard InChI is InChI=1S/C20H34N4O3S.C19H31FN4O2/c1-3-27-20-16-18(4-5-19(20)21)23-8-6-17(7-9-23)24-12-10-22(11-13-24)14-15-28(2,25)26;1-25-18-14-17(19(26-2)13-16(18)21)24-6-3-15(4-7-24)23-11-9-22(8-5-20)10-12-23/h4-5,16-17H,3,6-15,21H2,1-2H3;13-15H,3-12,21H2,1-2H3. The van der Waals surface area contributed by atoms with Gasteiger partial charge < -0.3 is 35.5 Å². The van der Waals surface area contributed by atoms with Crippen LogP contribution in [0.4, 0.5) is 27.1 Å². The molecule has 6 rings (SSSR count). The number of sulfone groups is 1. The second-order valence-corrected chi connectivity index (χ2v) is 17.2. The van der Waals surface area contributed by atoms with E-state index in [1.54, 1.807) is 14.2 Å². The largest absolute Gasteiger partial charge is 0.495 e. The Balaban J connectivity index is 0.000000208. The first-order chi connectivity index (χ1) is 26.0. The number of hydrogen-bond acceptors (Lipinski definition) is 13. The lowest BCUT2D eigenvalue weighted by molar-refractivity contribution is 0.0816. The number of nitrogens with zero attached hydrogens (tertiary/aromatic N) is 6. The number of anilines is 4. The molecule has 0 spiro atoms. The Labute approximate surface area is 323 Å². The van der Waals surface area contributed by atoms with Crippen molar-refractivity contribution < 1.29 is 27.0 Å². The molecule has 0 atom stereocenters. The topological polar surface area (TPSA) is 133 Å². The van der Waals surface area contributed by atoms with E-state index in [9.17, 15) is 12.8 Å². The number of halogens is 1. The molecule has 4 saturated heterocycles. The van der Waals surface area contributed by atoms with Gasteiger partial charge in [0, 0.05) is 134 Å². The van der Waals surface area contributed by atoms with Crippen LogP contribution in [0.3, 0.4) is 0 Å². The molecular weight excluding hydrogens is 712 g/mol. The van der Waals surface area contributed by atoms with Gasteiger partial charge in [0.25, 0.3) is 0 Å². The highest BCUT2D eigenvalue weighted by Crippen LogP contribution is 2.38. The Kier molecular flexibility index (Phi) is 15.6. The fourth-order valence-electron chi connectivity index (χ4n) is 8.23. The number of nitrogens with two attached hydrogens (primary N) is 2. The van der Waals surface area contributed by atoms with E-state index in [4.69, 9.17) is 25.7 Å². The molecule has 4 N–H and O–H groups in total. The zero-order valence-corrected chi connectivity index (χ0v) is 33.9. The Morgan fingerprint density at radius 2 is 1.22 bits per heavy atom. The third-order valence-electron chi connectivity index (χ3n) is 11.5. The first-order valence-electron chi connectivity index (χ1n) is 19.7. The summed E-state index contributed by atoms with van der Waals surface area (Å²) >= 11 is 0. The van der Waals surface area contributed by atoms with Gasteiger partial charge in [0.05, 0.1) is 43.6 Å². The highest BCUT2D eigenvalue weighted by atomic mass is 32.2. The van der Waals surface area contributed by atoms with Gasteiger partial charge in [-0.1, -0.05) is 0 Å². The summed E-state index contributed by atoms with van der Waals surface area (Å²) in [6.45, 7) is 15.7. The fourth-order valence-corrected chi connectivity index (χ4v) is 8.82. The molecule has 0 unspecified atom stereocenters. The number of ether oxygens (including phenoxy) is 3. The van der Waals surface area contributed by atoms with Crippen LogP contribution >= 0.6 is 0 Å². The van der Waals surface area contributed by atoms with E-state index in [1.165, 1.54) is 11.9 Å². The molecule has 2 aromatic rings. The maximum atomic E-state index is 12.5. The van der Waals surface area contributed by atoms with E-state index in [-0.39, 0.29) is 12.4 Å². The van der Waals surface area contributed by atoms with Crippen LogP contribution in [0.25, 0.3) is 0 Å². The van der Waals surface area contributed by atoms with Crippen molar-refractivity contribution in [3.05, 3.63) is 30.3 Å². The van der Waals surface area contributed by atoms with Gasteiger partial charge in [-0.05, 0) is 44.7 Å². The normalized spacial score (nSPS) is 20.4. The summed E-state index contributed by atoms with van der Waals surface area (Å²) in [5, 5.41) is 0. The van der Waals surface area contributed by atoms with Crippen molar-refractivity contribution in [2.24, 2.45) is 0 Å². The SMILES string of the molecule is CCOc1cc(N2CCC(N3CCN(CCS(C)(=O)=O)CC3)CC2)ccc1N.COc1cc(N2CCC(N3CCN(CCF)CC3)CC2)c(OC)cc1N. The Hall–Kier alpha value is -3.24. The number of piperidine rings is 2. The number of hydrogen-bond donors (Lipinski definition) is 2. The minimum absolute atomic E-state index is 0.245. The summed E-state index contributed by atoms with van der Waals surface area (Å²) in [7, 11) is 0.433. The average Bonchev–Trinajstić information content (AvgIpc) is 3.19. The molecule has 4 aliphatic heterocycles. The third-order valence-corrected chi connectivity index (χ3v) is 12.4. The average molecular weight is 777 g/mol. The van der Waals surface area contributed by atoms with Gasteiger partial charge >= 0.3 is 0 Å². The molecule has 0 amide bonds. The van der Waals surface area contributed by atoms with E-state index in [0.29, 0.717) is 48.9 Å². The lowest BCUT2D eigenvalue weighted by Gasteiger charge is -2.43. The van der Waals surface area contributed by atoms with Crippen LogP contribution in [0, 0.1) is 0 Å². The van der Waals surface area contributed by atoms with E-state index in [0.717, 1.165) is 121 Å². The Bertz CT molecular complexity index is 1560. The molecule has 0 aromatic heterocycles. The van der Waals surface area contributed by atoms with Crippen molar-refractivity contribution in [1.29, 1.82) is 0 Å². The molecule has 0 aliphatic carbocycles. The maximum Gasteiger partial charge on any atom is 0.148 e. The molecule has 54 heavy (non-hydrogen) atoms. The fraction of sp³-hybridized carbons (Fsp3) is 0.692. The van der Waals surface area contributed by atoms with Crippen LogP contribution in [-0.2, 0) is 9.84 Å². The van der Waals surface area contributed by atoms with Crippen molar-refractivity contribution >= 4 is 32.6 Å². The predicted molar refractivity (Wildman–Crippen MR) is 218 cm³/mol. The molecular formula is C39H65FN8O5S. The van der Waals surface area contributed by atoms with E-state index in [1.807, 2.05) is 25.1 Å². The monoisotopic (exact) mass is 776 g/mol. The van der Waals surface area contributed by atoms with Crippen molar-refractivity contribution in [3.8, 4) is 17.2 Å². The number of nitrogen functional groups attached to an aromatic ring is 2. The number of benzene rings is 2.